The Morgan fingerprint density at radius 1 is 1.00 bits per heavy atom. The lowest BCUT2D eigenvalue weighted by atomic mass is 9.52. The lowest BCUT2D eigenvalue weighted by molar-refractivity contribution is -0.126. The molecule has 4 nitrogen and oxygen atoms in total. The minimum atomic E-state index is -0.541. The average molecular weight is 398 g/mol. The summed E-state index contributed by atoms with van der Waals surface area (Å²) in [4.78, 5) is 23.2. The summed E-state index contributed by atoms with van der Waals surface area (Å²) in [6.07, 6.45) is 2.32. The molecule has 142 valence electrons. The average Bonchev–Trinajstić information content (AvgIpc) is 3.24. The maximum absolute atomic E-state index is 13.7. The number of rotatable bonds is 2. The summed E-state index contributed by atoms with van der Waals surface area (Å²) in [7, 11) is 0. The zero-order valence-corrected chi connectivity index (χ0v) is 16.7. The molecule has 5 heteroatoms. The summed E-state index contributed by atoms with van der Waals surface area (Å²) in [5.74, 6) is 0.919. The van der Waals surface area contributed by atoms with E-state index in [1.54, 1.807) is 11.3 Å². The fourth-order valence-corrected chi connectivity index (χ4v) is 6.06. The first kappa shape index (κ1) is 16.9. The SMILES string of the molecule is CC1(C(=O)Nc2ncnc3sccc23)CC2c3ccccc3C1c1ccccc12. The summed E-state index contributed by atoms with van der Waals surface area (Å²) in [5.41, 5.74) is 4.75. The highest BCUT2D eigenvalue weighted by atomic mass is 32.1. The van der Waals surface area contributed by atoms with Gasteiger partial charge in [-0.1, -0.05) is 48.5 Å². The molecule has 2 bridgehead atoms. The molecule has 0 radical (unpaired) electrons. The standard InChI is InChI=1S/C24H19N3OS/c1-24(23(28)27-21-18-10-11-29-22(18)26-13-25-21)12-19-14-6-2-4-8-16(14)20(24)17-9-5-3-7-15(17)19/h2-11,13,19-20H,12H2,1H3,(H,25,26,27,28). The Morgan fingerprint density at radius 3 is 2.34 bits per heavy atom. The Hall–Kier alpha value is -3.05. The Bertz CT molecular complexity index is 1230. The van der Waals surface area contributed by atoms with Crippen molar-refractivity contribution in [3.05, 3.63) is 88.6 Å². The van der Waals surface area contributed by atoms with Crippen LogP contribution in [0.3, 0.4) is 0 Å². The van der Waals surface area contributed by atoms with E-state index in [2.05, 4.69) is 70.7 Å². The highest BCUT2D eigenvalue weighted by Gasteiger charge is 2.53. The van der Waals surface area contributed by atoms with E-state index in [1.165, 1.54) is 28.6 Å². The van der Waals surface area contributed by atoms with Crippen LogP contribution in [0.1, 0.15) is 47.4 Å². The topological polar surface area (TPSA) is 54.9 Å². The monoisotopic (exact) mass is 397 g/mol. The second-order valence-electron chi connectivity index (χ2n) is 8.18. The Morgan fingerprint density at radius 2 is 1.66 bits per heavy atom. The van der Waals surface area contributed by atoms with Crippen LogP contribution >= 0.6 is 11.3 Å². The molecular weight excluding hydrogens is 378 g/mol. The highest BCUT2D eigenvalue weighted by molar-refractivity contribution is 7.16. The van der Waals surface area contributed by atoms with Gasteiger partial charge in [0.15, 0.2) is 0 Å². The molecule has 1 atom stereocenters. The molecule has 0 aliphatic heterocycles. The van der Waals surface area contributed by atoms with E-state index >= 15 is 0 Å². The number of hydrogen-bond donors (Lipinski definition) is 1. The van der Waals surface area contributed by atoms with Crippen LogP contribution in [0.5, 0.6) is 0 Å². The van der Waals surface area contributed by atoms with Crippen LogP contribution in [0.15, 0.2) is 66.3 Å². The zero-order chi connectivity index (χ0) is 19.6. The van der Waals surface area contributed by atoms with Gasteiger partial charge in [-0.15, -0.1) is 11.3 Å². The molecule has 7 rings (SSSR count). The number of nitrogens with zero attached hydrogens (tertiary/aromatic N) is 2. The van der Waals surface area contributed by atoms with E-state index < -0.39 is 5.41 Å². The summed E-state index contributed by atoms with van der Waals surface area (Å²) in [6, 6.07) is 19.2. The smallest absolute Gasteiger partial charge is 0.232 e. The first-order valence-electron chi connectivity index (χ1n) is 9.84. The molecule has 1 amide bonds. The van der Waals surface area contributed by atoms with Crippen LogP contribution in [-0.2, 0) is 4.79 Å². The first-order chi connectivity index (χ1) is 14.2. The summed E-state index contributed by atoms with van der Waals surface area (Å²) in [5, 5.41) is 6.02. The zero-order valence-electron chi connectivity index (χ0n) is 15.9. The third-order valence-electron chi connectivity index (χ3n) is 6.64. The summed E-state index contributed by atoms with van der Waals surface area (Å²) >= 11 is 1.55. The van der Waals surface area contributed by atoms with Gasteiger partial charge in [0.2, 0.25) is 5.91 Å². The van der Waals surface area contributed by atoms with Gasteiger partial charge in [0.25, 0.3) is 0 Å². The molecule has 2 aromatic heterocycles. The normalized spacial score (nSPS) is 24.2. The van der Waals surface area contributed by atoms with Crippen molar-refractivity contribution < 1.29 is 4.79 Å². The van der Waals surface area contributed by atoms with E-state index in [0.717, 1.165) is 16.6 Å². The summed E-state index contributed by atoms with van der Waals surface area (Å²) in [6.45, 7) is 2.11. The van der Waals surface area contributed by atoms with Crippen molar-refractivity contribution in [1.29, 1.82) is 0 Å². The lowest BCUT2D eigenvalue weighted by Gasteiger charge is -2.50. The van der Waals surface area contributed by atoms with E-state index in [1.807, 2.05) is 11.4 Å². The van der Waals surface area contributed by atoms with Crippen molar-refractivity contribution in [1.82, 2.24) is 9.97 Å². The largest absolute Gasteiger partial charge is 0.310 e. The van der Waals surface area contributed by atoms with Gasteiger partial charge in [0.1, 0.15) is 17.0 Å². The van der Waals surface area contributed by atoms with Crippen molar-refractivity contribution in [2.45, 2.75) is 25.2 Å². The van der Waals surface area contributed by atoms with E-state index in [-0.39, 0.29) is 17.7 Å². The number of thiophene rings is 1. The number of aromatic nitrogens is 2. The number of fused-ring (bicyclic) bond motifs is 2. The summed E-state index contributed by atoms with van der Waals surface area (Å²) < 4.78 is 0. The van der Waals surface area contributed by atoms with Crippen molar-refractivity contribution >= 4 is 33.3 Å². The molecule has 1 unspecified atom stereocenters. The molecule has 2 heterocycles. The maximum Gasteiger partial charge on any atom is 0.232 e. The molecule has 2 aromatic carbocycles. The van der Waals surface area contributed by atoms with Crippen LogP contribution in [0.25, 0.3) is 10.2 Å². The third kappa shape index (κ3) is 2.28. The maximum atomic E-state index is 13.7. The predicted octanol–water partition coefficient (Wildman–Crippen LogP) is 5.32. The molecule has 0 saturated heterocycles. The molecule has 1 N–H and O–H groups in total. The van der Waals surface area contributed by atoms with Crippen molar-refractivity contribution in [3.63, 3.8) is 0 Å². The Kier molecular flexibility index (Phi) is 3.47. The molecule has 4 aromatic rings. The van der Waals surface area contributed by atoms with Gasteiger partial charge in [-0.25, -0.2) is 9.97 Å². The molecule has 0 fully saturated rings. The van der Waals surface area contributed by atoms with Crippen molar-refractivity contribution in [2.24, 2.45) is 5.41 Å². The van der Waals surface area contributed by atoms with Gasteiger partial charge < -0.3 is 5.32 Å². The van der Waals surface area contributed by atoms with Crippen molar-refractivity contribution in [3.8, 4) is 0 Å². The fourth-order valence-electron chi connectivity index (χ4n) is 5.33. The van der Waals surface area contributed by atoms with Gasteiger partial charge in [-0.2, -0.15) is 0 Å². The first-order valence-corrected chi connectivity index (χ1v) is 10.7. The number of amides is 1. The second-order valence-corrected chi connectivity index (χ2v) is 9.08. The predicted molar refractivity (Wildman–Crippen MR) is 115 cm³/mol. The molecular formula is C24H19N3OS. The number of nitrogens with one attached hydrogen (secondary N) is 1. The Balaban J connectivity index is 1.47. The van der Waals surface area contributed by atoms with Crippen molar-refractivity contribution in [2.75, 3.05) is 5.32 Å². The van der Waals surface area contributed by atoms with E-state index in [9.17, 15) is 4.79 Å². The quantitative estimate of drug-likeness (QED) is 0.498. The molecule has 3 aliphatic carbocycles. The number of hydrogen-bond acceptors (Lipinski definition) is 4. The van der Waals surface area contributed by atoms with Crippen LogP contribution in [-0.4, -0.2) is 15.9 Å². The minimum Gasteiger partial charge on any atom is -0.310 e. The van der Waals surface area contributed by atoms with Crippen LogP contribution in [0.4, 0.5) is 5.82 Å². The molecule has 29 heavy (non-hydrogen) atoms. The number of carbonyl (C=O) groups is 1. The van der Waals surface area contributed by atoms with Gasteiger partial charge in [-0.05, 0) is 47.0 Å². The lowest BCUT2D eigenvalue weighted by Crippen LogP contribution is -2.47. The number of anilines is 1. The number of benzene rings is 2. The molecule has 3 aliphatic rings. The van der Waals surface area contributed by atoms with Gasteiger partial charge in [0.05, 0.1) is 10.8 Å². The minimum absolute atomic E-state index is 0.0303. The fraction of sp³-hybridized carbons (Fsp3) is 0.208. The highest BCUT2D eigenvalue weighted by Crippen LogP contribution is 2.61. The van der Waals surface area contributed by atoms with Crippen LogP contribution < -0.4 is 5.32 Å². The van der Waals surface area contributed by atoms with Gasteiger partial charge in [-0.3, -0.25) is 4.79 Å². The van der Waals surface area contributed by atoms with Crippen LogP contribution in [0, 0.1) is 5.41 Å². The second kappa shape index (κ2) is 5.97. The van der Waals surface area contributed by atoms with Gasteiger partial charge in [0, 0.05) is 11.8 Å². The van der Waals surface area contributed by atoms with Crippen LogP contribution in [0.2, 0.25) is 0 Å². The molecule has 0 saturated carbocycles. The number of carbonyl (C=O) groups excluding carboxylic acids is 1. The van der Waals surface area contributed by atoms with Gasteiger partial charge >= 0.3 is 0 Å². The molecule has 0 spiro atoms. The van der Waals surface area contributed by atoms with E-state index in [4.69, 9.17) is 0 Å². The third-order valence-corrected chi connectivity index (χ3v) is 7.46. The Labute approximate surface area is 172 Å². The van der Waals surface area contributed by atoms with E-state index in [0.29, 0.717) is 5.82 Å².